The zero-order chi connectivity index (χ0) is 19.0. The molecule has 0 unspecified atom stereocenters. The average Bonchev–Trinajstić information content (AvgIpc) is 3.18. The van der Waals surface area contributed by atoms with Crippen LogP contribution < -0.4 is 0 Å². The molecule has 1 N–H and O–H groups in total. The van der Waals surface area contributed by atoms with Gasteiger partial charge in [0.05, 0.1) is 27.8 Å². The number of aliphatic carboxylic acids is 1. The smallest absolute Gasteiger partial charge is 0.326 e. The molecule has 1 aliphatic heterocycles. The topological polar surface area (TPSA) is 75.4 Å². The van der Waals surface area contributed by atoms with Crippen LogP contribution in [0.1, 0.15) is 29.8 Å². The van der Waals surface area contributed by atoms with Crippen LogP contribution in [0.15, 0.2) is 18.2 Å². The summed E-state index contributed by atoms with van der Waals surface area (Å²) in [6.45, 7) is 4.20. The molecule has 0 saturated carbocycles. The Morgan fingerprint density at radius 2 is 2.00 bits per heavy atom. The fraction of sp³-hybridized carbons (Fsp3) is 0.389. The first-order chi connectivity index (χ1) is 12.3. The number of carboxylic acid groups (broad SMARTS) is 1. The first kappa shape index (κ1) is 18.7. The van der Waals surface area contributed by atoms with Gasteiger partial charge in [-0.1, -0.05) is 23.2 Å². The quantitative estimate of drug-likeness (QED) is 0.860. The lowest BCUT2D eigenvalue weighted by atomic mass is 10.1. The summed E-state index contributed by atoms with van der Waals surface area (Å²) in [5.41, 5.74) is 3.11. The molecule has 6 nitrogen and oxygen atoms in total. The summed E-state index contributed by atoms with van der Waals surface area (Å²) < 4.78 is 1.72. The Balaban J connectivity index is 1.87. The van der Waals surface area contributed by atoms with Crippen molar-refractivity contribution in [1.82, 2.24) is 14.7 Å². The number of halogens is 2. The third-order valence-electron chi connectivity index (χ3n) is 4.78. The van der Waals surface area contributed by atoms with Gasteiger partial charge in [-0.15, -0.1) is 0 Å². The van der Waals surface area contributed by atoms with Crippen LogP contribution >= 0.6 is 23.2 Å². The highest BCUT2D eigenvalue weighted by molar-refractivity contribution is 6.42. The van der Waals surface area contributed by atoms with Gasteiger partial charge in [-0.2, -0.15) is 5.10 Å². The third-order valence-corrected chi connectivity index (χ3v) is 5.51. The Bertz CT molecular complexity index is 879. The van der Waals surface area contributed by atoms with Gasteiger partial charge in [0.2, 0.25) is 5.91 Å². The molecule has 0 bridgehead atoms. The highest BCUT2D eigenvalue weighted by Gasteiger charge is 2.34. The van der Waals surface area contributed by atoms with Crippen molar-refractivity contribution in [2.45, 2.75) is 39.2 Å². The van der Waals surface area contributed by atoms with E-state index in [1.807, 2.05) is 13.8 Å². The molecule has 1 aliphatic rings. The van der Waals surface area contributed by atoms with Gasteiger partial charge in [-0.05, 0) is 44.9 Å². The molecule has 1 saturated heterocycles. The molecule has 1 atom stereocenters. The minimum absolute atomic E-state index is 0.128. The molecule has 0 spiro atoms. The second-order valence-corrected chi connectivity index (χ2v) is 7.23. The van der Waals surface area contributed by atoms with E-state index in [-0.39, 0.29) is 12.3 Å². The number of carbonyl (C=O) groups is 2. The number of benzene rings is 1. The standard InChI is InChI=1S/C18H19Cl2N3O3/c1-10-13(9-17(24)22-7-3-4-16(22)18(25)26)11(2)23(21-10)12-5-6-14(19)15(20)8-12/h5-6,8,16H,3-4,7,9H2,1-2H3,(H,25,26)/t16-/m0/s1. The number of hydrogen-bond acceptors (Lipinski definition) is 3. The van der Waals surface area contributed by atoms with E-state index in [4.69, 9.17) is 23.2 Å². The number of aromatic nitrogens is 2. The monoisotopic (exact) mass is 395 g/mol. The van der Waals surface area contributed by atoms with E-state index in [2.05, 4.69) is 5.10 Å². The lowest BCUT2D eigenvalue weighted by Crippen LogP contribution is -2.41. The van der Waals surface area contributed by atoms with E-state index in [9.17, 15) is 14.7 Å². The van der Waals surface area contributed by atoms with Crippen molar-refractivity contribution in [1.29, 1.82) is 0 Å². The minimum atomic E-state index is -0.948. The maximum Gasteiger partial charge on any atom is 0.326 e. The lowest BCUT2D eigenvalue weighted by Gasteiger charge is -2.21. The normalized spacial score (nSPS) is 16.9. The zero-order valence-electron chi connectivity index (χ0n) is 14.5. The predicted molar refractivity (Wildman–Crippen MR) is 99.1 cm³/mol. The van der Waals surface area contributed by atoms with E-state index in [0.29, 0.717) is 29.4 Å². The van der Waals surface area contributed by atoms with E-state index < -0.39 is 12.0 Å². The van der Waals surface area contributed by atoms with Crippen molar-refractivity contribution in [2.24, 2.45) is 0 Å². The number of rotatable bonds is 4. The largest absolute Gasteiger partial charge is 0.480 e. The summed E-state index contributed by atoms with van der Waals surface area (Å²) in [5.74, 6) is -1.13. The van der Waals surface area contributed by atoms with E-state index in [0.717, 1.165) is 22.6 Å². The first-order valence-electron chi connectivity index (χ1n) is 8.32. The van der Waals surface area contributed by atoms with Crippen molar-refractivity contribution in [3.8, 4) is 5.69 Å². The number of hydrogen-bond donors (Lipinski definition) is 1. The fourth-order valence-corrected chi connectivity index (χ4v) is 3.67. The third kappa shape index (κ3) is 3.44. The number of carboxylic acids is 1. The maximum atomic E-state index is 12.7. The average molecular weight is 396 g/mol. The molecule has 0 aliphatic carbocycles. The highest BCUT2D eigenvalue weighted by Crippen LogP contribution is 2.27. The molecule has 8 heteroatoms. The van der Waals surface area contributed by atoms with Gasteiger partial charge in [-0.3, -0.25) is 4.79 Å². The molecule has 1 aromatic carbocycles. The van der Waals surface area contributed by atoms with Crippen LogP contribution in [0.3, 0.4) is 0 Å². The maximum absolute atomic E-state index is 12.7. The number of aryl methyl sites for hydroxylation is 1. The van der Waals surface area contributed by atoms with Gasteiger partial charge < -0.3 is 10.0 Å². The lowest BCUT2D eigenvalue weighted by molar-refractivity contribution is -0.148. The van der Waals surface area contributed by atoms with Crippen molar-refractivity contribution in [2.75, 3.05) is 6.54 Å². The first-order valence-corrected chi connectivity index (χ1v) is 9.08. The van der Waals surface area contributed by atoms with Crippen LogP contribution in [0, 0.1) is 13.8 Å². The second-order valence-electron chi connectivity index (χ2n) is 6.42. The zero-order valence-corrected chi connectivity index (χ0v) is 16.0. The molecule has 0 radical (unpaired) electrons. The number of likely N-dealkylation sites (tertiary alicyclic amines) is 1. The molecule has 138 valence electrons. The molecule has 1 fully saturated rings. The van der Waals surface area contributed by atoms with Crippen LogP contribution in [0.25, 0.3) is 5.69 Å². The second kappa shape index (κ2) is 7.29. The van der Waals surface area contributed by atoms with Crippen LogP contribution in [0.5, 0.6) is 0 Å². The Kier molecular flexibility index (Phi) is 5.25. The van der Waals surface area contributed by atoms with Crippen molar-refractivity contribution >= 4 is 35.1 Å². The number of amides is 1. The summed E-state index contributed by atoms with van der Waals surface area (Å²) in [6, 6.07) is 4.49. The summed E-state index contributed by atoms with van der Waals surface area (Å²) in [5, 5.41) is 14.7. The van der Waals surface area contributed by atoms with Crippen LogP contribution in [0.4, 0.5) is 0 Å². The van der Waals surface area contributed by atoms with E-state index >= 15 is 0 Å². The summed E-state index contributed by atoms with van der Waals surface area (Å²) in [7, 11) is 0. The molecule has 2 heterocycles. The van der Waals surface area contributed by atoms with E-state index in [1.165, 1.54) is 4.90 Å². The van der Waals surface area contributed by atoms with Crippen LogP contribution in [-0.4, -0.2) is 44.3 Å². The minimum Gasteiger partial charge on any atom is -0.480 e. The predicted octanol–water partition coefficient (Wildman–Crippen LogP) is 3.41. The van der Waals surface area contributed by atoms with Crippen molar-refractivity contribution < 1.29 is 14.7 Å². The Morgan fingerprint density at radius 3 is 2.65 bits per heavy atom. The summed E-state index contributed by atoms with van der Waals surface area (Å²) in [6.07, 6.45) is 1.34. The van der Waals surface area contributed by atoms with Gasteiger partial charge in [-0.25, -0.2) is 9.48 Å². The van der Waals surface area contributed by atoms with Gasteiger partial charge in [0, 0.05) is 17.8 Å². The SMILES string of the molecule is Cc1nn(-c2ccc(Cl)c(Cl)c2)c(C)c1CC(=O)N1CCC[C@H]1C(=O)O. The molecule has 1 amide bonds. The van der Waals surface area contributed by atoms with Gasteiger partial charge in [0.25, 0.3) is 0 Å². The van der Waals surface area contributed by atoms with Crippen molar-refractivity contribution in [3.63, 3.8) is 0 Å². The summed E-state index contributed by atoms with van der Waals surface area (Å²) >= 11 is 12.1. The van der Waals surface area contributed by atoms with Gasteiger partial charge in [0.1, 0.15) is 6.04 Å². The van der Waals surface area contributed by atoms with Crippen molar-refractivity contribution in [3.05, 3.63) is 45.2 Å². The Hall–Kier alpha value is -2.05. The number of carbonyl (C=O) groups excluding carboxylic acids is 1. The number of nitrogens with zero attached hydrogens (tertiary/aromatic N) is 3. The molecule has 3 rings (SSSR count). The molecule has 1 aromatic heterocycles. The van der Waals surface area contributed by atoms with Crippen LogP contribution in [0.2, 0.25) is 10.0 Å². The van der Waals surface area contributed by atoms with Crippen LogP contribution in [-0.2, 0) is 16.0 Å². The fourth-order valence-electron chi connectivity index (χ4n) is 3.37. The van der Waals surface area contributed by atoms with E-state index in [1.54, 1.807) is 22.9 Å². The Morgan fingerprint density at radius 1 is 1.27 bits per heavy atom. The van der Waals surface area contributed by atoms with Gasteiger partial charge >= 0.3 is 5.97 Å². The summed E-state index contributed by atoms with van der Waals surface area (Å²) in [4.78, 5) is 25.4. The highest BCUT2D eigenvalue weighted by atomic mass is 35.5. The molecular weight excluding hydrogens is 377 g/mol. The Labute approximate surface area is 161 Å². The van der Waals surface area contributed by atoms with Gasteiger partial charge in [0.15, 0.2) is 0 Å². The molecule has 2 aromatic rings. The molecule has 26 heavy (non-hydrogen) atoms. The molecular formula is C18H19Cl2N3O3.